The molecular formula is C16H16FN3O3S. The van der Waals surface area contributed by atoms with Crippen molar-refractivity contribution >= 4 is 15.9 Å². The third-order valence-electron chi connectivity index (χ3n) is 3.06. The fraction of sp³-hybridized carbons (Fsp3) is 0.125. The van der Waals surface area contributed by atoms with E-state index in [1.54, 1.807) is 24.4 Å². The van der Waals surface area contributed by atoms with Gasteiger partial charge in [-0.3, -0.25) is 9.78 Å². The SMILES string of the molecule is C=CCNS(=O)(=O)c1cc(C(=O)NCc2ccccn2)ccc1F. The fourth-order valence-corrected chi connectivity index (χ4v) is 2.97. The summed E-state index contributed by atoms with van der Waals surface area (Å²) in [5.41, 5.74) is 0.680. The zero-order valence-corrected chi connectivity index (χ0v) is 13.5. The number of hydrogen-bond donors (Lipinski definition) is 2. The van der Waals surface area contributed by atoms with Gasteiger partial charge in [0.15, 0.2) is 0 Å². The van der Waals surface area contributed by atoms with Crippen LogP contribution in [0.3, 0.4) is 0 Å². The Morgan fingerprint density at radius 3 is 2.75 bits per heavy atom. The summed E-state index contributed by atoms with van der Waals surface area (Å²) in [7, 11) is -4.06. The van der Waals surface area contributed by atoms with Crippen molar-refractivity contribution in [1.82, 2.24) is 15.0 Å². The van der Waals surface area contributed by atoms with Crippen LogP contribution < -0.4 is 10.0 Å². The van der Waals surface area contributed by atoms with Gasteiger partial charge in [-0.2, -0.15) is 0 Å². The number of hydrogen-bond acceptors (Lipinski definition) is 4. The first kappa shape index (κ1) is 17.8. The molecular weight excluding hydrogens is 333 g/mol. The standard InChI is InChI=1S/C16H16FN3O3S/c1-2-8-20-24(22,23)15-10-12(6-7-14(15)17)16(21)19-11-13-5-3-4-9-18-13/h2-7,9-10,20H,1,8,11H2,(H,19,21). The van der Waals surface area contributed by atoms with Crippen molar-refractivity contribution < 1.29 is 17.6 Å². The number of amides is 1. The second-order valence-corrected chi connectivity index (χ2v) is 6.52. The van der Waals surface area contributed by atoms with Gasteiger partial charge in [-0.25, -0.2) is 17.5 Å². The van der Waals surface area contributed by atoms with Crippen LogP contribution in [0.5, 0.6) is 0 Å². The maximum absolute atomic E-state index is 13.8. The summed E-state index contributed by atoms with van der Waals surface area (Å²) in [5, 5.41) is 2.60. The van der Waals surface area contributed by atoms with Crippen molar-refractivity contribution in [1.29, 1.82) is 0 Å². The third kappa shape index (κ3) is 4.46. The molecule has 0 fully saturated rings. The molecule has 0 aliphatic heterocycles. The zero-order valence-electron chi connectivity index (χ0n) is 12.7. The van der Waals surface area contributed by atoms with Crippen LogP contribution >= 0.6 is 0 Å². The number of carbonyl (C=O) groups is 1. The van der Waals surface area contributed by atoms with Crippen molar-refractivity contribution in [3.8, 4) is 0 Å². The molecule has 0 saturated carbocycles. The van der Waals surface area contributed by atoms with Crippen molar-refractivity contribution in [3.05, 3.63) is 72.3 Å². The molecule has 1 aromatic heterocycles. The van der Waals surface area contributed by atoms with E-state index in [9.17, 15) is 17.6 Å². The van der Waals surface area contributed by atoms with Crippen LogP contribution in [0.4, 0.5) is 4.39 Å². The molecule has 1 amide bonds. The Bertz CT molecular complexity index is 839. The topological polar surface area (TPSA) is 88.2 Å². The average molecular weight is 349 g/mol. The Balaban J connectivity index is 2.18. The fourth-order valence-electron chi connectivity index (χ4n) is 1.87. The van der Waals surface area contributed by atoms with E-state index in [0.717, 1.165) is 12.1 Å². The van der Waals surface area contributed by atoms with E-state index in [1.165, 1.54) is 12.1 Å². The van der Waals surface area contributed by atoms with Gasteiger partial charge in [-0.05, 0) is 30.3 Å². The smallest absolute Gasteiger partial charge is 0.251 e. The van der Waals surface area contributed by atoms with E-state index in [1.807, 2.05) is 0 Å². The van der Waals surface area contributed by atoms with Crippen molar-refractivity contribution in [2.75, 3.05) is 6.54 Å². The van der Waals surface area contributed by atoms with Crippen molar-refractivity contribution in [2.24, 2.45) is 0 Å². The molecule has 0 bridgehead atoms. The first-order chi connectivity index (χ1) is 11.4. The first-order valence-corrected chi connectivity index (χ1v) is 8.50. The number of aromatic nitrogens is 1. The molecule has 0 spiro atoms. The van der Waals surface area contributed by atoms with E-state index in [-0.39, 0.29) is 18.7 Å². The Morgan fingerprint density at radius 2 is 2.08 bits per heavy atom. The van der Waals surface area contributed by atoms with E-state index in [0.29, 0.717) is 5.69 Å². The number of halogens is 1. The largest absolute Gasteiger partial charge is 0.346 e. The van der Waals surface area contributed by atoms with E-state index in [4.69, 9.17) is 0 Å². The van der Waals surface area contributed by atoms with Crippen LogP contribution in [0.15, 0.2) is 60.1 Å². The maximum Gasteiger partial charge on any atom is 0.251 e. The van der Waals surface area contributed by atoms with Crippen LogP contribution in [0, 0.1) is 5.82 Å². The van der Waals surface area contributed by atoms with Crippen LogP contribution in [0.2, 0.25) is 0 Å². The minimum Gasteiger partial charge on any atom is -0.346 e. The number of nitrogens with zero attached hydrogens (tertiary/aromatic N) is 1. The lowest BCUT2D eigenvalue weighted by Gasteiger charge is -2.09. The van der Waals surface area contributed by atoms with Gasteiger partial charge in [0, 0.05) is 18.3 Å². The van der Waals surface area contributed by atoms with Gasteiger partial charge in [0.1, 0.15) is 10.7 Å². The number of benzene rings is 1. The summed E-state index contributed by atoms with van der Waals surface area (Å²) in [5.74, 6) is -1.46. The van der Waals surface area contributed by atoms with E-state index >= 15 is 0 Å². The monoisotopic (exact) mass is 349 g/mol. The lowest BCUT2D eigenvalue weighted by molar-refractivity contribution is 0.0950. The maximum atomic E-state index is 13.8. The molecule has 126 valence electrons. The summed E-state index contributed by atoms with van der Waals surface area (Å²) < 4.78 is 40.0. The Labute approximate surface area is 139 Å². The molecule has 0 aliphatic carbocycles. The predicted molar refractivity (Wildman–Crippen MR) is 87.2 cm³/mol. The predicted octanol–water partition coefficient (Wildman–Crippen LogP) is 1.61. The summed E-state index contributed by atoms with van der Waals surface area (Å²) in [6, 6.07) is 8.42. The van der Waals surface area contributed by atoms with Gasteiger partial charge >= 0.3 is 0 Å². The van der Waals surface area contributed by atoms with Crippen molar-refractivity contribution in [2.45, 2.75) is 11.4 Å². The Kier molecular flexibility index (Phi) is 5.78. The molecule has 1 aromatic carbocycles. The molecule has 24 heavy (non-hydrogen) atoms. The number of nitrogens with one attached hydrogen (secondary N) is 2. The Hall–Kier alpha value is -2.58. The molecule has 1 heterocycles. The van der Waals surface area contributed by atoms with Gasteiger partial charge in [0.2, 0.25) is 10.0 Å². The van der Waals surface area contributed by atoms with Gasteiger partial charge in [-0.1, -0.05) is 12.1 Å². The molecule has 0 unspecified atom stereocenters. The molecule has 0 aliphatic rings. The summed E-state index contributed by atoms with van der Waals surface area (Å²) in [6.07, 6.45) is 2.92. The molecule has 2 aromatic rings. The molecule has 0 atom stereocenters. The molecule has 6 nitrogen and oxygen atoms in total. The van der Waals surface area contributed by atoms with Crippen LogP contribution in [0.1, 0.15) is 16.1 Å². The highest BCUT2D eigenvalue weighted by Gasteiger charge is 2.20. The molecule has 0 saturated heterocycles. The lowest BCUT2D eigenvalue weighted by Crippen LogP contribution is -2.26. The van der Waals surface area contributed by atoms with Gasteiger partial charge in [0.25, 0.3) is 5.91 Å². The Morgan fingerprint density at radius 1 is 1.29 bits per heavy atom. The van der Waals surface area contributed by atoms with Gasteiger partial charge in [-0.15, -0.1) is 6.58 Å². The summed E-state index contributed by atoms with van der Waals surface area (Å²) in [6.45, 7) is 3.52. The average Bonchev–Trinajstić information content (AvgIpc) is 2.59. The number of rotatable bonds is 7. The van der Waals surface area contributed by atoms with E-state index < -0.39 is 26.6 Å². The second kappa shape index (κ2) is 7.80. The highest BCUT2D eigenvalue weighted by atomic mass is 32.2. The zero-order chi connectivity index (χ0) is 17.6. The van der Waals surface area contributed by atoms with Gasteiger partial charge < -0.3 is 5.32 Å². The minimum absolute atomic E-state index is 0.0336. The van der Waals surface area contributed by atoms with Crippen LogP contribution in [0.25, 0.3) is 0 Å². The van der Waals surface area contributed by atoms with Crippen molar-refractivity contribution in [3.63, 3.8) is 0 Å². The summed E-state index contributed by atoms with van der Waals surface area (Å²) in [4.78, 5) is 15.6. The van der Waals surface area contributed by atoms with Gasteiger partial charge in [0.05, 0.1) is 12.2 Å². The van der Waals surface area contributed by atoms with E-state index in [2.05, 4.69) is 21.6 Å². The number of pyridine rings is 1. The highest BCUT2D eigenvalue weighted by molar-refractivity contribution is 7.89. The molecule has 0 radical (unpaired) electrons. The minimum atomic E-state index is -4.06. The highest BCUT2D eigenvalue weighted by Crippen LogP contribution is 2.16. The second-order valence-electron chi connectivity index (χ2n) is 4.79. The normalized spacial score (nSPS) is 11.0. The molecule has 2 rings (SSSR count). The first-order valence-electron chi connectivity index (χ1n) is 7.02. The summed E-state index contributed by atoms with van der Waals surface area (Å²) >= 11 is 0. The molecule has 8 heteroatoms. The molecule has 2 N–H and O–H groups in total. The third-order valence-corrected chi connectivity index (χ3v) is 4.50. The number of carbonyl (C=O) groups excluding carboxylic acids is 1. The number of sulfonamides is 1. The quantitative estimate of drug-likeness (QED) is 0.744. The van der Waals surface area contributed by atoms with Crippen LogP contribution in [-0.2, 0) is 16.6 Å². The lowest BCUT2D eigenvalue weighted by atomic mass is 10.2. The van der Waals surface area contributed by atoms with Crippen LogP contribution in [-0.4, -0.2) is 25.9 Å².